The molecule has 0 spiro atoms. The fourth-order valence-electron chi connectivity index (χ4n) is 3.12. The Hall–Kier alpha value is -1.65. The summed E-state index contributed by atoms with van der Waals surface area (Å²) in [5.74, 6) is 0. The van der Waals surface area contributed by atoms with E-state index in [4.69, 9.17) is 0 Å². The summed E-state index contributed by atoms with van der Waals surface area (Å²) in [5.41, 5.74) is 3.08. The third-order valence-electron chi connectivity index (χ3n) is 4.35. The first kappa shape index (κ1) is 15.3. The van der Waals surface area contributed by atoms with Gasteiger partial charge in [0, 0.05) is 6.54 Å². The molecule has 1 saturated heterocycles. The van der Waals surface area contributed by atoms with E-state index in [2.05, 4.69) is 0 Å². The number of rotatable bonds is 3. The molecule has 1 aliphatic heterocycles. The van der Waals surface area contributed by atoms with Crippen LogP contribution in [0, 0.1) is 13.8 Å². The zero-order valence-corrected chi connectivity index (χ0v) is 13.8. The van der Waals surface area contributed by atoms with Gasteiger partial charge >= 0.3 is 0 Å². The van der Waals surface area contributed by atoms with E-state index in [0.29, 0.717) is 11.4 Å². The van der Waals surface area contributed by atoms with Gasteiger partial charge in [-0.15, -0.1) is 0 Å². The van der Waals surface area contributed by atoms with E-state index in [9.17, 15) is 8.42 Å². The maximum atomic E-state index is 13.0. The lowest BCUT2D eigenvalue weighted by atomic mass is 10.0. The Bertz CT molecular complexity index is 766. The van der Waals surface area contributed by atoms with Gasteiger partial charge < -0.3 is 0 Å². The number of sulfonamides is 1. The molecule has 0 aliphatic carbocycles. The van der Waals surface area contributed by atoms with Crippen LogP contribution in [-0.4, -0.2) is 19.3 Å². The van der Waals surface area contributed by atoms with Gasteiger partial charge in [0.1, 0.15) is 0 Å². The van der Waals surface area contributed by atoms with Gasteiger partial charge in [-0.25, -0.2) is 8.42 Å². The Kier molecular flexibility index (Phi) is 4.06. The summed E-state index contributed by atoms with van der Waals surface area (Å²) < 4.78 is 27.7. The Balaban J connectivity index is 1.99. The molecule has 0 unspecified atom stereocenters. The predicted molar refractivity (Wildman–Crippen MR) is 88.2 cm³/mol. The fraction of sp³-hybridized carbons (Fsp3) is 0.333. The zero-order chi connectivity index (χ0) is 15.7. The smallest absolute Gasteiger partial charge is 0.207 e. The van der Waals surface area contributed by atoms with Crippen LogP contribution in [0.4, 0.5) is 0 Å². The van der Waals surface area contributed by atoms with Gasteiger partial charge in [-0.3, -0.25) is 0 Å². The molecule has 1 atom stereocenters. The molecule has 1 heterocycles. The van der Waals surface area contributed by atoms with Gasteiger partial charge in [0.2, 0.25) is 10.0 Å². The van der Waals surface area contributed by atoms with Crippen LogP contribution in [0.2, 0.25) is 0 Å². The predicted octanol–water partition coefficient (Wildman–Crippen LogP) is 3.83. The van der Waals surface area contributed by atoms with Gasteiger partial charge in [0.25, 0.3) is 0 Å². The highest BCUT2D eigenvalue weighted by molar-refractivity contribution is 7.89. The monoisotopic (exact) mass is 315 g/mol. The highest BCUT2D eigenvalue weighted by Crippen LogP contribution is 2.37. The third-order valence-corrected chi connectivity index (χ3v) is 6.41. The first-order valence-electron chi connectivity index (χ1n) is 7.64. The molecule has 2 aromatic rings. The number of nitrogens with zero attached hydrogens (tertiary/aromatic N) is 1. The van der Waals surface area contributed by atoms with Crippen molar-refractivity contribution in [2.45, 2.75) is 37.6 Å². The van der Waals surface area contributed by atoms with Crippen molar-refractivity contribution in [2.24, 2.45) is 0 Å². The lowest BCUT2D eigenvalue weighted by Crippen LogP contribution is -2.31. The van der Waals surface area contributed by atoms with Crippen molar-refractivity contribution in [3.63, 3.8) is 0 Å². The summed E-state index contributed by atoms with van der Waals surface area (Å²) >= 11 is 0. The second-order valence-electron chi connectivity index (χ2n) is 5.95. The summed E-state index contributed by atoms with van der Waals surface area (Å²) in [5, 5.41) is 0. The molecule has 1 fully saturated rings. The van der Waals surface area contributed by atoms with Crippen molar-refractivity contribution in [2.75, 3.05) is 6.54 Å². The lowest BCUT2D eigenvalue weighted by Gasteiger charge is -2.25. The van der Waals surface area contributed by atoms with Crippen LogP contribution in [0.15, 0.2) is 53.4 Å². The summed E-state index contributed by atoms with van der Waals surface area (Å²) in [4.78, 5) is 0.425. The first-order chi connectivity index (χ1) is 10.5. The molecule has 0 saturated carbocycles. The molecule has 0 radical (unpaired) electrons. The maximum Gasteiger partial charge on any atom is 0.243 e. The second kappa shape index (κ2) is 5.86. The topological polar surface area (TPSA) is 37.4 Å². The lowest BCUT2D eigenvalue weighted by molar-refractivity contribution is 0.396. The number of benzene rings is 2. The molecule has 1 aliphatic rings. The summed E-state index contributed by atoms with van der Waals surface area (Å²) in [6, 6.07) is 15.4. The highest BCUT2D eigenvalue weighted by atomic mass is 32.2. The average molecular weight is 315 g/mol. The average Bonchev–Trinajstić information content (AvgIpc) is 2.98. The summed E-state index contributed by atoms with van der Waals surface area (Å²) in [6.07, 6.45) is 1.79. The Morgan fingerprint density at radius 3 is 2.36 bits per heavy atom. The minimum Gasteiger partial charge on any atom is -0.207 e. The van der Waals surface area contributed by atoms with E-state index < -0.39 is 10.0 Å². The third kappa shape index (κ3) is 2.69. The van der Waals surface area contributed by atoms with Crippen LogP contribution < -0.4 is 0 Å². The van der Waals surface area contributed by atoms with Crippen molar-refractivity contribution in [3.8, 4) is 0 Å². The molecule has 3 nitrogen and oxygen atoms in total. The van der Waals surface area contributed by atoms with E-state index in [1.165, 1.54) is 5.56 Å². The quantitative estimate of drug-likeness (QED) is 0.863. The molecule has 0 N–H and O–H groups in total. The molecule has 2 aromatic carbocycles. The van der Waals surface area contributed by atoms with Crippen molar-refractivity contribution in [1.82, 2.24) is 4.31 Å². The highest BCUT2D eigenvalue weighted by Gasteiger charge is 2.36. The summed E-state index contributed by atoms with van der Waals surface area (Å²) in [7, 11) is -3.44. The normalized spacial score (nSPS) is 19.5. The number of hydrogen-bond acceptors (Lipinski definition) is 2. The molecule has 0 aromatic heterocycles. The molecule has 116 valence electrons. The first-order valence-corrected chi connectivity index (χ1v) is 9.08. The van der Waals surface area contributed by atoms with Crippen LogP contribution >= 0.6 is 0 Å². The number of hydrogen-bond donors (Lipinski definition) is 0. The summed E-state index contributed by atoms with van der Waals surface area (Å²) in [6.45, 7) is 4.49. The standard InChI is InChI=1S/C18H21NO2S/c1-14-9-11-16(12-10-14)17-7-5-13-19(17)22(20,21)18-8-4-3-6-15(18)2/h3-4,6,8-12,17H,5,7,13H2,1-2H3/t17-/m1/s1. The van der Waals surface area contributed by atoms with Gasteiger partial charge in [-0.1, -0.05) is 48.0 Å². The van der Waals surface area contributed by atoms with E-state index in [1.807, 2.05) is 50.2 Å². The maximum absolute atomic E-state index is 13.0. The molecule has 3 rings (SSSR count). The molecule has 4 heteroatoms. The van der Waals surface area contributed by atoms with Crippen molar-refractivity contribution in [1.29, 1.82) is 0 Å². The molecule has 22 heavy (non-hydrogen) atoms. The van der Waals surface area contributed by atoms with Crippen molar-refractivity contribution < 1.29 is 8.42 Å². The van der Waals surface area contributed by atoms with Crippen LogP contribution in [0.5, 0.6) is 0 Å². The van der Waals surface area contributed by atoms with Crippen LogP contribution in [0.1, 0.15) is 35.6 Å². The fourth-order valence-corrected chi connectivity index (χ4v) is 5.03. The second-order valence-corrected chi connectivity index (χ2v) is 7.81. The minimum atomic E-state index is -3.44. The Morgan fingerprint density at radius 1 is 1.00 bits per heavy atom. The molecule has 0 amide bonds. The minimum absolute atomic E-state index is 0.0507. The van der Waals surface area contributed by atoms with Crippen molar-refractivity contribution in [3.05, 3.63) is 65.2 Å². The molecule has 0 bridgehead atoms. The Labute approximate surface area is 132 Å². The van der Waals surface area contributed by atoms with Crippen LogP contribution in [0.25, 0.3) is 0 Å². The number of aryl methyl sites for hydroxylation is 2. The SMILES string of the molecule is Cc1ccc([C@H]2CCCN2S(=O)(=O)c2ccccc2C)cc1. The van der Waals surface area contributed by atoms with Gasteiger partial charge in [0.05, 0.1) is 10.9 Å². The Morgan fingerprint density at radius 2 is 1.68 bits per heavy atom. The zero-order valence-electron chi connectivity index (χ0n) is 13.0. The molecular weight excluding hydrogens is 294 g/mol. The van der Waals surface area contributed by atoms with E-state index in [1.54, 1.807) is 16.4 Å². The van der Waals surface area contributed by atoms with Gasteiger partial charge in [0.15, 0.2) is 0 Å². The van der Waals surface area contributed by atoms with E-state index >= 15 is 0 Å². The van der Waals surface area contributed by atoms with E-state index in [-0.39, 0.29) is 6.04 Å². The van der Waals surface area contributed by atoms with Gasteiger partial charge in [-0.05, 0) is 43.9 Å². The molecular formula is C18H21NO2S. The van der Waals surface area contributed by atoms with E-state index in [0.717, 1.165) is 24.0 Å². The van der Waals surface area contributed by atoms with Crippen LogP contribution in [0.3, 0.4) is 0 Å². The largest absolute Gasteiger partial charge is 0.243 e. The van der Waals surface area contributed by atoms with Crippen LogP contribution in [-0.2, 0) is 10.0 Å². The van der Waals surface area contributed by atoms with Crippen molar-refractivity contribution >= 4 is 10.0 Å². The van der Waals surface area contributed by atoms with Gasteiger partial charge in [-0.2, -0.15) is 4.31 Å².